The average molecular weight is 224 g/mol. The van der Waals surface area contributed by atoms with Gasteiger partial charge in [0.15, 0.2) is 0 Å². The van der Waals surface area contributed by atoms with Gasteiger partial charge >= 0.3 is 5.97 Å². The molecule has 0 bridgehead atoms. The molecule has 1 aliphatic rings. The van der Waals surface area contributed by atoms with Gasteiger partial charge in [-0.3, -0.25) is 9.69 Å². The third-order valence-electron chi connectivity index (χ3n) is 3.04. The molecule has 16 heavy (non-hydrogen) atoms. The van der Waals surface area contributed by atoms with Crippen LogP contribution in [-0.4, -0.2) is 36.1 Å². The van der Waals surface area contributed by atoms with E-state index in [2.05, 4.69) is 6.07 Å². The monoisotopic (exact) mass is 224 g/mol. The van der Waals surface area contributed by atoms with Gasteiger partial charge in [-0.1, -0.05) is 13.3 Å². The topological polar surface area (TPSA) is 53.3 Å². The molecule has 0 aliphatic carbocycles. The second-order valence-electron chi connectivity index (χ2n) is 4.05. The standard InChI is InChI=1S/C12H20N2O2/c1-3-10(9-13)14-8-6-5-7-11(14)12(15)16-4-2/h10-11H,3-8H2,1-2H3. The summed E-state index contributed by atoms with van der Waals surface area (Å²) in [4.78, 5) is 13.8. The van der Waals surface area contributed by atoms with Gasteiger partial charge in [-0.05, 0) is 26.2 Å². The van der Waals surface area contributed by atoms with Gasteiger partial charge in [-0.2, -0.15) is 5.26 Å². The van der Waals surface area contributed by atoms with Crippen LogP contribution < -0.4 is 0 Å². The summed E-state index contributed by atoms with van der Waals surface area (Å²) in [7, 11) is 0. The minimum absolute atomic E-state index is 0.158. The maximum atomic E-state index is 11.8. The van der Waals surface area contributed by atoms with Crippen LogP contribution in [0.4, 0.5) is 0 Å². The summed E-state index contributed by atoms with van der Waals surface area (Å²) < 4.78 is 5.06. The Labute approximate surface area is 97.2 Å². The number of hydrogen-bond acceptors (Lipinski definition) is 4. The van der Waals surface area contributed by atoms with Crippen LogP contribution in [0, 0.1) is 11.3 Å². The van der Waals surface area contributed by atoms with Crippen molar-refractivity contribution in [1.82, 2.24) is 4.90 Å². The van der Waals surface area contributed by atoms with Crippen LogP contribution in [0.25, 0.3) is 0 Å². The number of nitriles is 1. The molecule has 2 unspecified atom stereocenters. The molecule has 1 rings (SSSR count). The molecule has 0 spiro atoms. The van der Waals surface area contributed by atoms with Gasteiger partial charge in [-0.25, -0.2) is 0 Å². The van der Waals surface area contributed by atoms with Crippen molar-refractivity contribution in [3.63, 3.8) is 0 Å². The second-order valence-corrected chi connectivity index (χ2v) is 4.05. The predicted molar refractivity (Wildman–Crippen MR) is 60.7 cm³/mol. The van der Waals surface area contributed by atoms with E-state index in [1.807, 2.05) is 18.7 Å². The minimum Gasteiger partial charge on any atom is -0.465 e. The molecule has 4 nitrogen and oxygen atoms in total. The summed E-state index contributed by atoms with van der Waals surface area (Å²) in [5, 5.41) is 9.06. The van der Waals surface area contributed by atoms with Gasteiger partial charge in [0, 0.05) is 6.54 Å². The predicted octanol–water partition coefficient (Wildman–Crippen LogP) is 1.71. The molecule has 1 saturated heterocycles. The highest BCUT2D eigenvalue weighted by Crippen LogP contribution is 2.21. The Hall–Kier alpha value is -1.08. The third kappa shape index (κ3) is 2.96. The Morgan fingerprint density at radius 3 is 2.88 bits per heavy atom. The summed E-state index contributed by atoms with van der Waals surface area (Å²) in [5.41, 5.74) is 0. The maximum absolute atomic E-state index is 11.8. The Bertz CT molecular complexity index is 273. The minimum atomic E-state index is -0.210. The Kier molecular flexibility index (Phi) is 5.27. The largest absolute Gasteiger partial charge is 0.465 e. The average Bonchev–Trinajstić information content (AvgIpc) is 2.31. The van der Waals surface area contributed by atoms with Crippen molar-refractivity contribution in [3.05, 3.63) is 0 Å². The molecule has 90 valence electrons. The lowest BCUT2D eigenvalue weighted by Gasteiger charge is -2.36. The smallest absolute Gasteiger partial charge is 0.323 e. The number of nitrogens with zero attached hydrogens (tertiary/aromatic N) is 2. The van der Waals surface area contributed by atoms with Gasteiger partial charge in [0.05, 0.1) is 18.7 Å². The van der Waals surface area contributed by atoms with Crippen LogP contribution in [0.5, 0.6) is 0 Å². The highest BCUT2D eigenvalue weighted by atomic mass is 16.5. The van der Waals surface area contributed by atoms with Gasteiger partial charge in [0.2, 0.25) is 0 Å². The van der Waals surface area contributed by atoms with Gasteiger partial charge in [0.25, 0.3) is 0 Å². The van der Waals surface area contributed by atoms with Gasteiger partial charge < -0.3 is 4.74 Å². The zero-order valence-corrected chi connectivity index (χ0v) is 10.1. The maximum Gasteiger partial charge on any atom is 0.323 e. The zero-order chi connectivity index (χ0) is 12.0. The molecule has 0 radical (unpaired) electrons. The van der Waals surface area contributed by atoms with Crippen molar-refractivity contribution in [2.45, 2.75) is 51.6 Å². The number of carbonyl (C=O) groups is 1. The third-order valence-corrected chi connectivity index (χ3v) is 3.04. The number of likely N-dealkylation sites (tertiary alicyclic amines) is 1. The van der Waals surface area contributed by atoms with E-state index in [4.69, 9.17) is 10.00 Å². The Morgan fingerprint density at radius 2 is 2.31 bits per heavy atom. The van der Waals surface area contributed by atoms with E-state index in [0.29, 0.717) is 6.61 Å². The molecule has 0 saturated carbocycles. The van der Waals surface area contributed by atoms with Crippen molar-refractivity contribution in [2.75, 3.05) is 13.2 Å². The molecule has 0 N–H and O–H groups in total. The molecular weight excluding hydrogens is 204 g/mol. The van der Waals surface area contributed by atoms with E-state index in [-0.39, 0.29) is 18.1 Å². The van der Waals surface area contributed by atoms with Crippen LogP contribution >= 0.6 is 0 Å². The van der Waals surface area contributed by atoms with Gasteiger partial charge in [0.1, 0.15) is 6.04 Å². The molecule has 1 fully saturated rings. The normalized spacial score (nSPS) is 23.4. The molecule has 0 aromatic rings. The summed E-state index contributed by atoms with van der Waals surface area (Å²) in [6.07, 6.45) is 3.68. The highest BCUT2D eigenvalue weighted by molar-refractivity contribution is 5.76. The van der Waals surface area contributed by atoms with Crippen LogP contribution in [0.1, 0.15) is 39.5 Å². The van der Waals surface area contributed by atoms with Crippen LogP contribution in [0.3, 0.4) is 0 Å². The number of esters is 1. The molecule has 0 aromatic heterocycles. The van der Waals surface area contributed by atoms with Crippen molar-refractivity contribution in [1.29, 1.82) is 5.26 Å². The summed E-state index contributed by atoms with van der Waals surface area (Å²) in [6.45, 7) is 5.03. The number of carbonyl (C=O) groups excluding carboxylic acids is 1. The van der Waals surface area contributed by atoms with E-state index < -0.39 is 0 Å². The Morgan fingerprint density at radius 1 is 1.56 bits per heavy atom. The number of rotatable bonds is 4. The van der Waals surface area contributed by atoms with E-state index in [1.54, 1.807) is 0 Å². The van der Waals surface area contributed by atoms with E-state index >= 15 is 0 Å². The molecule has 1 aliphatic heterocycles. The van der Waals surface area contributed by atoms with Crippen LogP contribution in [0.15, 0.2) is 0 Å². The second kappa shape index (κ2) is 6.49. The van der Waals surface area contributed by atoms with Crippen molar-refractivity contribution < 1.29 is 9.53 Å². The van der Waals surface area contributed by atoms with E-state index in [9.17, 15) is 4.79 Å². The molecule has 0 amide bonds. The van der Waals surface area contributed by atoms with Crippen molar-refractivity contribution >= 4 is 5.97 Å². The summed E-state index contributed by atoms with van der Waals surface area (Å²) >= 11 is 0. The summed E-state index contributed by atoms with van der Waals surface area (Å²) in [5.74, 6) is -0.170. The molecular formula is C12H20N2O2. The molecule has 2 atom stereocenters. The first-order valence-corrected chi connectivity index (χ1v) is 6.06. The molecule has 4 heteroatoms. The first-order valence-electron chi connectivity index (χ1n) is 6.06. The number of hydrogen-bond donors (Lipinski definition) is 0. The summed E-state index contributed by atoms with van der Waals surface area (Å²) in [6, 6.07) is 1.90. The first kappa shape index (κ1) is 13.0. The molecule has 1 heterocycles. The number of ether oxygens (including phenoxy) is 1. The van der Waals surface area contributed by atoms with Crippen LogP contribution in [-0.2, 0) is 9.53 Å². The fourth-order valence-electron chi connectivity index (χ4n) is 2.22. The van der Waals surface area contributed by atoms with Crippen molar-refractivity contribution in [2.24, 2.45) is 0 Å². The zero-order valence-electron chi connectivity index (χ0n) is 10.1. The lowest BCUT2D eigenvalue weighted by molar-refractivity contribution is -0.151. The Balaban J connectivity index is 2.70. The number of piperidine rings is 1. The fraction of sp³-hybridized carbons (Fsp3) is 0.833. The van der Waals surface area contributed by atoms with Crippen molar-refractivity contribution in [3.8, 4) is 6.07 Å². The van der Waals surface area contributed by atoms with Gasteiger partial charge in [-0.15, -0.1) is 0 Å². The SMILES string of the molecule is CCOC(=O)C1CCCCN1C(C#N)CC. The lowest BCUT2D eigenvalue weighted by atomic mass is 9.99. The quantitative estimate of drug-likeness (QED) is 0.682. The lowest BCUT2D eigenvalue weighted by Crippen LogP contribution is -2.50. The highest BCUT2D eigenvalue weighted by Gasteiger charge is 2.33. The fourth-order valence-corrected chi connectivity index (χ4v) is 2.22. The first-order chi connectivity index (χ1) is 7.74. The van der Waals surface area contributed by atoms with E-state index in [0.717, 1.165) is 32.2 Å². The van der Waals surface area contributed by atoms with Crippen LogP contribution in [0.2, 0.25) is 0 Å². The molecule has 0 aromatic carbocycles. The van der Waals surface area contributed by atoms with E-state index in [1.165, 1.54) is 0 Å².